The maximum Gasteiger partial charge on any atom is 0.131 e. The lowest BCUT2D eigenvalue weighted by molar-refractivity contribution is 0.0671. The summed E-state index contributed by atoms with van der Waals surface area (Å²) >= 11 is 1.73. The highest BCUT2D eigenvalue weighted by atomic mass is 32.1. The van der Waals surface area contributed by atoms with Crippen molar-refractivity contribution in [2.75, 3.05) is 26.7 Å². The van der Waals surface area contributed by atoms with E-state index in [4.69, 9.17) is 0 Å². The summed E-state index contributed by atoms with van der Waals surface area (Å²) in [7, 11) is 2.33. The van der Waals surface area contributed by atoms with Gasteiger partial charge in [-0.15, -0.1) is 21.5 Å². The Morgan fingerprint density at radius 3 is 2.58 bits per heavy atom. The minimum atomic E-state index is 0.397. The minimum absolute atomic E-state index is 0.397. The third-order valence-corrected chi connectivity index (χ3v) is 6.74. The molecule has 0 bridgehead atoms. The number of aryl methyl sites for hydroxylation is 1. The fraction of sp³-hybridized carbons (Fsp3) is 0.579. The van der Waals surface area contributed by atoms with Crippen LogP contribution in [-0.2, 0) is 6.54 Å². The lowest BCUT2D eigenvalue weighted by atomic mass is 9.81. The summed E-state index contributed by atoms with van der Waals surface area (Å²) in [5.74, 6) is 0.688. The molecule has 2 fully saturated rings. The normalized spacial score (nSPS) is 24.7. The number of rotatable bonds is 3. The highest BCUT2D eigenvalue weighted by Gasteiger charge is 2.45. The van der Waals surface area contributed by atoms with Gasteiger partial charge in [-0.3, -0.25) is 9.80 Å². The fourth-order valence-electron chi connectivity index (χ4n) is 4.46. The summed E-state index contributed by atoms with van der Waals surface area (Å²) in [6.45, 7) is 6.53. The number of benzene rings is 1. The molecule has 2 aliphatic rings. The van der Waals surface area contributed by atoms with Crippen LogP contribution in [0.5, 0.6) is 0 Å². The van der Waals surface area contributed by atoms with Gasteiger partial charge < -0.3 is 0 Å². The number of likely N-dealkylation sites (tertiary alicyclic amines) is 2. The molecule has 0 N–H and O–H groups in total. The number of nitrogens with zero attached hydrogens (tertiary/aromatic N) is 4. The highest BCUT2D eigenvalue weighted by molar-refractivity contribution is 7.11. The Balaban J connectivity index is 1.39. The van der Waals surface area contributed by atoms with E-state index >= 15 is 0 Å². The molecule has 1 spiro atoms. The van der Waals surface area contributed by atoms with Gasteiger partial charge in [0.1, 0.15) is 10.0 Å². The van der Waals surface area contributed by atoms with Gasteiger partial charge in [0.15, 0.2) is 0 Å². The lowest BCUT2D eigenvalue weighted by Gasteiger charge is -2.43. The molecular weight excluding hydrogens is 316 g/mol. The van der Waals surface area contributed by atoms with E-state index < -0.39 is 0 Å². The van der Waals surface area contributed by atoms with Crippen molar-refractivity contribution in [3.63, 3.8) is 0 Å². The second-order valence-electron chi connectivity index (χ2n) is 7.41. The van der Waals surface area contributed by atoms with Crippen molar-refractivity contribution < 1.29 is 0 Å². The lowest BCUT2D eigenvalue weighted by Crippen LogP contribution is -2.50. The Morgan fingerprint density at radius 2 is 1.92 bits per heavy atom. The van der Waals surface area contributed by atoms with Crippen molar-refractivity contribution in [2.45, 2.75) is 44.2 Å². The summed E-state index contributed by atoms with van der Waals surface area (Å²) < 4.78 is 0. The monoisotopic (exact) mass is 342 g/mol. The summed E-state index contributed by atoms with van der Waals surface area (Å²) in [6.07, 6.45) is 3.84. The Bertz CT molecular complexity index is 676. The molecule has 0 saturated carbocycles. The van der Waals surface area contributed by atoms with Crippen LogP contribution in [0.2, 0.25) is 0 Å². The molecule has 0 unspecified atom stereocenters. The standard InChI is InChI=1S/C19H26N4S/c1-15-20-21-18(24-15)14-23-10-8-19(9-11-23)12-17(13-22(19)2)16-6-4-3-5-7-16/h3-7,17H,8-14H2,1-2H3/t17-/m0/s1. The predicted molar refractivity (Wildman–Crippen MR) is 98.3 cm³/mol. The van der Waals surface area contributed by atoms with E-state index in [0.717, 1.165) is 16.6 Å². The van der Waals surface area contributed by atoms with Crippen molar-refractivity contribution in [2.24, 2.45) is 0 Å². The van der Waals surface area contributed by atoms with Gasteiger partial charge in [-0.25, -0.2) is 0 Å². The van der Waals surface area contributed by atoms with E-state index in [1.807, 2.05) is 6.92 Å². The second-order valence-corrected chi connectivity index (χ2v) is 8.67. The Kier molecular flexibility index (Phi) is 4.41. The van der Waals surface area contributed by atoms with Gasteiger partial charge in [-0.05, 0) is 44.7 Å². The van der Waals surface area contributed by atoms with E-state index in [1.54, 1.807) is 11.3 Å². The van der Waals surface area contributed by atoms with E-state index in [-0.39, 0.29) is 0 Å². The maximum absolute atomic E-state index is 4.28. The molecule has 1 aromatic carbocycles. The highest BCUT2D eigenvalue weighted by Crippen LogP contribution is 2.44. The number of piperidine rings is 1. The molecule has 4 rings (SSSR count). The van der Waals surface area contributed by atoms with E-state index in [0.29, 0.717) is 11.5 Å². The molecule has 4 nitrogen and oxygen atoms in total. The summed E-state index contributed by atoms with van der Waals surface area (Å²) in [5, 5.41) is 10.7. The largest absolute Gasteiger partial charge is 0.300 e. The maximum atomic E-state index is 4.28. The Hall–Kier alpha value is -1.30. The molecule has 1 atom stereocenters. The molecule has 2 aromatic rings. The molecule has 3 heterocycles. The van der Waals surface area contributed by atoms with Gasteiger partial charge >= 0.3 is 0 Å². The molecule has 2 aliphatic heterocycles. The van der Waals surface area contributed by atoms with Crippen molar-refractivity contribution in [1.29, 1.82) is 0 Å². The first-order valence-corrected chi connectivity index (χ1v) is 9.74. The van der Waals surface area contributed by atoms with E-state index in [2.05, 4.69) is 57.4 Å². The predicted octanol–water partition coefficient (Wildman–Crippen LogP) is 3.30. The van der Waals surface area contributed by atoms with Crippen LogP contribution in [0.1, 0.15) is 40.8 Å². The number of hydrogen-bond donors (Lipinski definition) is 0. The van der Waals surface area contributed by atoms with Gasteiger partial charge in [-0.1, -0.05) is 30.3 Å². The van der Waals surface area contributed by atoms with Crippen LogP contribution in [0.25, 0.3) is 0 Å². The summed E-state index contributed by atoms with van der Waals surface area (Å²) in [6, 6.07) is 11.1. The van der Waals surface area contributed by atoms with Gasteiger partial charge in [0.05, 0.1) is 6.54 Å². The number of aromatic nitrogens is 2. The van der Waals surface area contributed by atoms with E-state index in [9.17, 15) is 0 Å². The van der Waals surface area contributed by atoms with Crippen molar-refractivity contribution in [1.82, 2.24) is 20.0 Å². The van der Waals surface area contributed by atoms with Gasteiger partial charge in [0.25, 0.3) is 0 Å². The van der Waals surface area contributed by atoms with Crippen molar-refractivity contribution in [3.8, 4) is 0 Å². The van der Waals surface area contributed by atoms with Crippen LogP contribution in [0.4, 0.5) is 0 Å². The SMILES string of the molecule is Cc1nnc(CN2CCC3(CC2)C[C@H](c2ccccc2)CN3C)s1. The van der Waals surface area contributed by atoms with Gasteiger partial charge in [0, 0.05) is 25.2 Å². The van der Waals surface area contributed by atoms with Gasteiger partial charge in [0.2, 0.25) is 0 Å². The fourth-order valence-corrected chi connectivity index (χ4v) is 5.21. The number of likely N-dealkylation sites (N-methyl/N-ethyl adjacent to an activating group) is 1. The summed E-state index contributed by atoms with van der Waals surface area (Å²) in [4.78, 5) is 5.19. The molecule has 0 aliphatic carbocycles. The quantitative estimate of drug-likeness (QED) is 0.857. The molecule has 24 heavy (non-hydrogen) atoms. The third-order valence-electron chi connectivity index (χ3n) is 5.91. The van der Waals surface area contributed by atoms with Gasteiger partial charge in [-0.2, -0.15) is 0 Å². The van der Waals surface area contributed by atoms with Crippen molar-refractivity contribution >= 4 is 11.3 Å². The first-order valence-electron chi connectivity index (χ1n) is 8.92. The first-order chi connectivity index (χ1) is 11.6. The minimum Gasteiger partial charge on any atom is -0.300 e. The van der Waals surface area contributed by atoms with Crippen LogP contribution < -0.4 is 0 Å². The average molecular weight is 343 g/mol. The molecular formula is C19H26N4S. The van der Waals surface area contributed by atoms with E-state index in [1.165, 1.54) is 44.5 Å². The van der Waals surface area contributed by atoms with Crippen LogP contribution >= 0.6 is 11.3 Å². The third kappa shape index (κ3) is 3.13. The smallest absolute Gasteiger partial charge is 0.131 e. The zero-order chi connectivity index (χ0) is 16.6. The molecule has 128 valence electrons. The molecule has 1 aromatic heterocycles. The van der Waals surface area contributed by atoms with Crippen LogP contribution in [0.3, 0.4) is 0 Å². The Morgan fingerprint density at radius 1 is 1.17 bits per heavy atom. The summed E-state index contributed by atoms with van der Waals surface area (Å²) in [5.41, 5.74) is 1.90. The molecule has 0 amide bonds. The number of hydrogen-bond acceptors (Lipinski definition) is 5. The van der Waals surface area contributed by atoms with Crippen molar-refractivity contribution in [3.05, 3.63) is 45.9 Å². The molecule has 2 saturated heterocycles. The van der Waals surface area contributed by atoms with Crippen LogP contribution in [0.15, 0.2) is 30.3 Å². The zero-order valence-electron chi connectivity index (χ0n) is 14.6. The Labute approximate surface area is 148 Å². The molecule has 5 heteroatoms. The average Bonchev–Trinajstić information content (AvgIpc) is 3.15. The first kappa shape index (κ1) is 16.2. The topological polar surface area (TPSA) is 32.3 Å². The zero-order valence-corrected chi connectivity index (χ0v) is 15.4. The molecule has 0 radical (unpaired) electrons. The second kappa shape index (κ2) is 6.54. The van der Waals surface area contributed by atoms with Crippen LogP contribution in [0, 0.1) is 6.92 Å². The van der Waals surface area contributed by atoms with Crippen LogP contribution in [-0.4, -0.2) is 52.2 Å².